The number of rotatable bonds is 4. The summed E-state index contributed by atoms with van der Waals surface area (Å²) < 4.78 is 14.8. The van der Waals surface area contributed by atoms with Gasteiger partial charge in [0.15, 0.2) is 0 Å². The summed E-state index contributed by atoms with van der Waals surface area (Å²) in [5.74, 6) is -0.217. The molecule has 0 fully saturated rings. The van der Waals surface area contributed by atoms with E-state index in [-0.39, 0.29) is 5.82 Å². The van der Waals surface area contributed by atoms with Crippen LogP contribution in [0, 0.1) is 5.82 Å². The number of hydrogen-bond donors (Lipinski definition) is 1. The lowest BCUT2D eigenvalue weighted by molar-refractivity contribution is 0.598. The third-order valence-electron chi connectivity index (χ3n) is 2.31. The first kappa shape index (κ1) is 13.5. The molecule has 2 nitrogen and oxygen atoms in total. The smallest absolute Gasteiger partial charge is 0.137 e. The zero-order valence-corrected chi connectivity index (χ0v) is 12.2. The fourth-order valence-electron chi connectivity index (χ4n) is 1.49. The quantitative estimate of drug-likeness (QED) is 0.923. The lowest BCUT2D eigenvalue weighted by Gasteiger charge is -2.06. The fourth-order valence-corrected chi connectivity index (χ4v) is 2.77. The molecule has 94 valence electrons. The van der Waals surface area contributed by atoms with Crippen molar-refractivity contribution < 1.29 is 4.39 Å². The first-order valence-corrected chi connectivity index (χ1v) is 7.03. The Bertz CT molecular complexity index is 548. The number of nitrogens with one attached hydrogen (secondary N) is 1. The van der Waals surface area contributed by atoms with E-state index in [9.17, 15) is 4.39 Å². The Morgan fingerprint density at radius 3 is 2.89 bits per heavy atom. The Balaban J connectivity index is 2.22. The van der Waals surface area contributed by atoms with Gasteiger partial charge in [-0.25, -0.2) is 9.37 Å². The summed E-state index contributed by atoms with van der Waals surface area (Å²) in [4.78, 5) is 4.79. The predicted molar refractivity (Wildman–Crippen MR) is 75.2 cm³/mol. The number of hydrogen-bond acceptors (Lipinski definition) is 3. The first-order chi connectivity index (χ1) is 8.70. The normalized spacial score (nSPS) is 10.6. The van der Waals surface area contributed by atoms with Crippen molar-refractivity contribution in [3.8, 4) is 0 Å². The van der Waals surface area contributed by atoms with Crippen LogP contribution in [0.25, 0.3) is 0 Å². The molecule has 1 N–H and O–H groups in total. The van der Waals surface area contributed by atoms with Crippen LogP contribution >= 0.6 is 27.7 Å². The summed E-state index contributed by atoms with van der Waals surface area (Å²) in [6.45, 7) is 0.662. The van der Waals surface area contributed by atoms with Crippen molar-refractivity contribution in [2.24, 2.45) is 0 Å². The Labute approximate surface area is 118 Å². The van der Waals surface area contributed by atoms with Crippen molar-refractivity contribution in [3.63, 3.8) is 0 Å². The highest BCUT2D eigenvalue weighted by atomic mass is 79.9. The molecule has 0 aliphatic carbocycles. The molecular formula is C13H12BrFN2S. The number of pyridine rings is 1. The molecule has 0 saturated heterocycles. The van der Waals surface area contributed by atoms with E-state index < -0.39 is 0 Å². The van der Waals surface area contributed by atoms with Gasteiger partial charge in [-0.3, -0.25) is 0 Å². The van der Waals surface area contributed by atoms with Crippen LogP contribution in [0.3, 0.4) is 0 Å². The molecule has 0 aliphatic heterocycles. The molecule has 18 heavy (non-hydrogen) atoms. The monoisotopic (exact) mass is 326 g/mol. The maximum atomic E-state index is 13.9. The first-order valence-electron chi connectivity index (χ1n) is 5.42. The third-order valence-corrected chi connectivity index (χ3v) is 4.28. The minimum Gasteiger partial charge on any atom is -0.316 e. The molecule has 2 rings (SSSR count). The van der Waals surface area contributed by atoms with Gasteiger partial charge in [0.1, 0.15) is 10.8 Å². The number of benzene rings is 1. The predicted octanol–water partition coefficient (Wildman–Crippen LogP) is 3.85. The third kappa shape index (κ3) is 3.31. The Morgan fingerprint density at radius 2 is 2.22 bits per heavy atom. The maximum absolute atomic E-state index is 13.9. The summed E-state index contributed by atoms with van der Waals surface area (Å²) in [6, 6.07) is 8.98. The standard InChI is InChI=1S/C13H12BrFN2S/c1-16-8-9-4-5-12(11(15)7-9)18-13-10(14)3-2-6-17-13/h2-7,16H,8H2,1H3. The van der Waals surface area contributed by atoms with Gasteiger partial charge in [-0.2, -0.15) is 0 Å². The van der Waals surface area contributed by atoms with Crippen molar-refractivity contribution in [1.29, 1.82) is 0 Å². The molecule has 0 saturated carbocycles. The average Bonchev–Trinajstić information content (AvgIpc) is 2.35. The molecule has 1 heterocycles. The van der Waals surface area contributed by atoms with Gasteiger partial charge >= 0.3 is 0 Å². The molecule has 0 spiro atoms. The lowest BCUT2D eigenvalue weighted by atomic mass is 10.2. The number of aromatic nitrogens is 1. The van der Waals surface area contributed by atoms with Gasteiger partial charge in [0.2, 0.25) is 0 Å². The van der Waals surface area contributed by atoms with Crippen LogP contribution in [-0.2, 0) is 6.54 Å². The van der Waals surface area contributed by atoms with Crippen molar-refractivity contribution in [2.45, 2.75) is 16.5 Å². The van der Waals surface area contributed by atoms with Crippen molar-refractivity contribution in [1.82, 2.24) is 10.3 Å². The summed E-state index contributed by atoms with van der Waals surface area (Å²) in [6.07, 6.45) is 1.69. The second kappa shape index (κ2) is 6.31. The van der Waals surface area contributed by atoms with E-state index >= 15 is 0 Å². The molecule has 1 aromatic carbocycles. The topological polar surface area (TPSA) is 24.9 Å². The second-order valence-electron chi connectivity index (χ2n) is 3.69. The van der Waals surface area contributed by atoms with Gasteiger partial charge in [-0.05, 0) is 52.8 Å². The zero-order chi connectivity index (χ0) is 13.0. The van der Waals surface area contributed by atoms with Gasteiger partial charge < -0.3 is 5.32 Å². The van der Waals surface area contributed by atoms with E-state index in [1.807, 2.05) is 25.2 Å². The lowest BCUT2D eigenvalue weighted by Crippen LogP contribution is -2.05. The average molecular weight is 327 g/mol. The second-order valence-corrected chi connectivity index (χ2v) is 5.57. The molecule has 0 radical (unpaired) electrons. The minimum atomic E-state index is -0.217. The fraction of sp³-hybridized carbons (Fsp3) is 0.154. The van der Waals surface area contributed by atoms with Gasteiger partial charge in [0, 0.05) is 17.6 Å². The number of halogens is 2. The molecule has 0 unspecified atom stereocenters. The highest BCUT2D eigenvalue weighted by molar-refractivity contribution is 9.10. The Kier molecular flexibility index (Phi) is 4.74. The van der Waals surface area contributed by atoms with E-state index in [1.165, 1.54) is 11.8 Å². The summed E-state index contributed by atoms with van der Waals surface area (Å²) in [7, 11) is 1.84. The molecule has 2 aromatic rings. The van der Waals surface area contributed by atoms with Crippen LogP contribution in [0.4, 0.5) is 4.39 Å². The Hall–Kier alpha value is -0.910. The summed E-state index contributed by atoms with van der Waals surface area (Å²) >= 11 is 4.72. The van der Waals surface area contributed by atoms with Crippen molar-refractivity contribution >= 4 is 27.7 Å². The van der Waals surface area contributed by atoms with E-state index in [4.69, 9.17) is 0 Å². The van der Waals surface area contributed by atoms with Gasteiger partial charge in [-0.15, -0.1) is 0 Å². The van der Waals surface area contributed by atoms with E-state index in [2.05, 4.69) is 26.2 Å². The van der Waals surface area contributed by atoms with E-state index in [1.54, 1.807) is 18.3 Å². The molecular weight excluding hydrogens is 315 g/mol. The van der Waals surface area contributed by atoms with Crippen LogP contribution < -0.4 is 5.32 Å². The van der Waals surface area contributed by atoms with Crippen LogP contribution in [0.5, 0.6) is 0 Å². The van der Waals surface area contributed by atoms with E-state index in [0.29, 0.717) is 11.4 Å². The van der Waals surface area contributed by atoms with Gasteiger partial charge in [0.05, 0.1) is 4.47 Å². The van der Waals surface area contributed by atoms with Crippen LogP contribution in [0.2, 0.25) is 0 Å². The molecule has 0 atom stereocenters. The summed E-state index contributed by atoms with van der Waals surface area (Å²) in [5.41, 5.74) is 0.930. The highest BCUT2D eigenvalue weighted by Gasteiger charge is 2.08. The van der Waals surface area contributed by atoms with Crippen LogP contribution in [0.1, 0.15) is 5.56 Å². The largest absolute Gasteiger partial charge is 0.316 e. The minimum absolute atomic E-state index is 0.217. The molecule has 1 aromatic heterocycles. The van der Waals surface area contributed by atoms with E-state index in [0.717, 1.165) is 15.1 Å². The van der Waals surface area contributed by atoms with Crippen molar-refractivity contribution in [3.05, 3.63) is 52.4 Å². The molecule has 5 heteroatoms. The Morgan fingerprint density at radius 1 is 1.39 bits per heavy atom. The van der Waals surface area contributed by atoms with Gasteiger partial charge in [-0.1, -0.05) is 17.8 Å². The van der Waals surface area contributed by atoms with Crippen molar-refractivity contribution in [2.75, 3.05) is 7.05 Å². The van der Waals surface area contributed by atoms with Gasteiger partial charge in [0.25, 0.3) is 0 Å². The zero-order valence-electron chi connectivity index (χ0n) is 9.78. The van der Waals surface area contributed by atoms with Crippen LogP contribution in [0.15, 0.2) is 50.9 Å². The molecule has 0 amide bonds. The number of nitrogens with zero attached hydrogens (tertiary/aromatic N) is 1. The maximum Gasteiger partial charge on any atom is 0.137 e. The highest BCUT2D eigenvalue weighted by Crippen LogP contribution is 2.33. The summed E-state index contributed by atoms with van der Waals surface area (Å²) in [5, 5.41) is 3.76. The van der Waals surface area contributed by atoms with Crippen LogP contribution in [-0.4, -0.2) is 12.0 Å². The molecule has 0 aliphatic rings. The molecule has 0 bridgehead atoms. The SMILES string of the molecule is CNCc1ccc(Sc2ncccc2Br)c(F)c1.